The SMILES string of the molecule is COCC(C)NC(=O)Nc1cccc(Cn2nc3ccccn3c2=O)c1. The smallest absolute Gasteiger partial charge is 0.350 e. The fourth-order valence-corrected chi connectivity index (χ4v) is 2.67. The molecule has 0 fully saturated rings. The molecule has 0 aliphatic rings. The van der Waals surface area contributed by atoms with Crippen LogP contribution in [0.25, 0.3) is 5.65 Å². The van der Waals surface area contributed by atoms with Crippen LogP contribution in [0.15, 0.2) is 53.5 Å². The predicted molar refractivity (Wildman–Crippen MR) is 98.5 cm³/mol. The number of carbonyl (C=O) groups is 1. The van der Waals surface area contributed by atoms with E-state index >= 15 is 0 Å². The van der Waals surface area contributed by atoms with Crippen molar-refractivity contribution in [1.82, 2.24) is 19.5 Å². The lowest BCUT2D eigenvalue weighted by Gasteiger charge is -2.14. The van der Waals surface area contributed by atoms with Crippen LogP contribution < -0.4 is 16.3 Å². The van der Waals surface area contributed by atoms with Crippen LogP contribution in [-0.4, -0.2) is 40.0 Å². The topological polar surface area (TPSA) is 89.7 Å². The highest BCUT2D eigenvalue weighted by Gasteiger charge is 2.09. The number of fused-ring (bicyclic) bond motifs is 1. The summed E-state index contributed by atoms with van der Waals surface area (Å²) in [6.45, 7) is 2.61. The van der Waals surface area contributed by atoms with Gasteiger partial charge in [-0.1, -0.05) is 18.2 Å². The minimum atomic E-state index is -0.309. The third-order valence-electron chi connectivity index (χ3n) is 3.80. The van der Waals surface area contributed by atoms with Gasteiger partial charge in [-0.3, -0.25) is 4.40 Å². The summed E-state index contributed by atoms with van der Waals surface area (Å²) in [6, 6.07) is 12.3. The molecule has 0 bridgehead atoms. The second-order valence-electron chi connectivity index (χ2n) is 6.02. The summed E-state index contributed by atoms with van der Waals surface area (Å²) in [7, 11) is 1.58. The van der Waals surface area contributed by atoms with E-state index in [1.54, 1.807) is 31.5 Å². The van der Waals surface area contributed by atoms with E-state index in [2.05, 4.69) is 15.7 Å². The van der Waals surface area contributed by atoms with Gasteiger partial charge in [-0.2, -0.15) is 0 Å². The lowest BCUT2D eigenvalue weighted by atomic mass is 10.2. The molecule has 0 aliphatic heterocycles. The van der Waals surface area contributed by atoms with Crippen molar-refractivity contribution in [1.29, 1.82) is 0 Å². The van der Waals surface area contributed by atoms with Gasteiger partial charge in [0.05, 0.1) is 19.2 Å². The van der Waals surface area contributed by atoms with Crippen molar-refractivity contribution in [2.24, 2.45) is 0 Å². The molecular weight excluding hydrogens is 334 g/mol. The molecule has 2 N–H and O–H groups in total. The molecule has 26 heavy (non-hydrogen) atoms. The van der Waals surface area contributed by atoms with Gasteiger partial charge in [-0.25, -0.2) is 14.3 Å². The molecule has 8 nitrogen and oxygen atoms in total. The number of hydrogen-bond acceptors (Lipinski definition) is 4. The standard InChI is InChI=1S/C18H21N5O3/c1-13(12-26-2)19-17(24)20-15-7-5-6-14(10-15)11-23-18(25)22-9-4-3-8-16(22)21-23/h3-10,13H,11-12H2,1-2H3,(H2,19,20,24). The predicted octanol–water partition coefficient (Wildman–Crippen LogP) is 1.70. The number of hydrogen-bond donors (Lipinski definition) is 2. The second-order valence-corrected chi connectivity index (χ2v) is 6.02. The Labute approximate surface area is 150 Å². The molecule has 2 amide bonds. The molecule has 0 radical (unpaired) electrons. The highest BCUT2D eigenvalue weighted by molar-refractivity contribution is 5.89. The number of urea groups is 1. The molecule has 8 heteroatoms. The van der Waals surface area contributed by atoms with E-state index < -0.39 is 0 Å². The van der Waals surface area contributed by atoms with Crippen LogP contribution in [-0.2, 0) is 11.3 Å². The molecule has 1 atom stereocenters. The van der Waals surface area contributed by atoms with Gasteiger partial charge >= 0.3 is 11.7 Å². The minimum absolute atomic E-state index is 0.0975. The molecule has 1 aromatic carbocycles. The number of rotatable bonds is 6. The highest BCUT2D eigenvalue weighted by Crippen LogP contribution is 2.11. The van der Waals surface area contributed by atoms with Gasteiger partial charge in [-0.05, 0) is 36.8 Å². The van der Waals surface area contributed by atoms with E-state index in [0.29, 0.717) is 24.5 Å². The summed E-state index contributed by atoms with van der Waals surface area (Å²) < 4.78 is 7.88. The van der Waals surface area contributed by atoms with Crippen LogP contribution in [0, 0.1) is 0 Å². The van der Waals surface area contributed by atoms with Crippen molar-refractivity contribution in [3.05, 3.63) is 64.7 Å². The quantitative estimate of drug-likeness (QED) is 0.704. The molecule has 3 aromatic rings. The Hall–Kier alpha value is -3.13. The average Bonchev–Trinajstić information content (AvgIpc) is 2.91. The first kappa shape index (κ1) is 17.7. The Morgan fingerprint density at radius 1 is 1.27 bits per heavy atom. The summed E-state index contributed by atoms with van der Waals surface area (Å²) in [5, 5.41) is 9.87. The summed E-state index contributed by atoms with van der Waals surface area (Å²) >= 11 is 0. The van der Waals surface area contributed by atoms with Gasteiger partial charge in [0.25, 0.3) is 0 Å². The van der Waals surface area contributed by atoms with Gasteiger partial charge in [0.15, 0.2) is 5.65 Å². The molecule has 0 spiro atoms. The van der Waals surface area contributed by atoms with Crippen molar-refractivity contribution in [3.63, 3.8) is 0 Å². The van der Waals surface area contributed by atoms with E-state index in [-0.39, 0.29) is 17.8 Å². The number of ether oxygens (including phenoxy) is 1. The van der Waals surface area contributed by atoms with Gasteiger partial charge in [0.2, 0.25) is 0 Å². The number of benzene rings is 1. The van der Waals surface area contributed by atoms with Gasteiger partial charge in [-0.15, -0.1) is 5.10 Å². The molecule has 3 rings (SSSR count). The van der Waals surface area contributed by atoms with Crippen molar-refractivity contribution < 1.29 is 9.53 Å². The van der Waals surface area contributed by atoms with Crippen molar-refractivity contribution >= 4 is 17.4 Å². The maximum Gasteiger partial charge on any atom is 0.350 e. The molecular formula is C18H21N5O3. The van der Waals surface area contributed by atoms with Crippen LogP contribution >= 0.6 is 0 Å². The third-order valence-corrected chi connectivity index (χ3v) is 3.80. The van der Waals surface area contributed by atoms with Crippen LogP contribution in [0.3, 0.4) is 0 Å². The largest absolute Gasteiger partial charge is 0.383 e. The second kappa shape index (κ2) is 7.83. The Balaban J connectivity index is 1.72. The lowest BCUT2D eigenvalue weighted by molar-refractivity contribution is 0.173. The number of aromatic nitrogens is 3. The Kier molecular flexibility index (Phi) is 5.33. The van der Waals surface area contributed by atoms with Gasteiger partial charge in [0, 0.05) is 19.0 Å². The zero-order chi connectivity index (χ0) is 18.5. The average molecular weight is 355 g/mol. The number of nitrogens with one attached hydrogen (secondary N) is 2. The molecule has 0 aliphatic carbocycles. The highest BCUT2D eigenvalue weighted by atomic mass is 16.5. The Morgan fingerprint density at radius 2 is 2.12 bits per heavy atom. The maximum atomic E-state index is 12.4. The molecule has 136 valence electrons. The monoisotopic (exact) mass is 355 g/mol. The fraction of sp³-hybridized carbons (Fsp3) is 0.278. The van der Waals surface area contributed by atoms with Crippen LogP contribution in [0.1, 0.15) is 12.5 Å². The Morgan fingerprint density at radius 3 is 2.88 bits per heavy atom. The summed E-state index contributed by atoms with van der Waals surface area (Å²) in [5.41, 5.74) is 1.89. The van der Waals surface area contributed by atoms with Crippen molar-refractivity contribution in [2.45, 2.75) is 19.5 Å². The van der Waals surface area contributed by atoms with E-state index in [1.165, 1.54) is 9.08 Å². The fourth-order valence-electron chi connectivity index (χ4n) is 2.67. The van der Waals surface area contributed by atoms with E-state index in [0.717, 1.165) is 5.56 Å². The Bertz CT molecular complexity index is 963. The molecule has 1 unspecified atom stereocenters. The summed E-state index contributed by atoms with van der Waals surface area (Å²) in [5.74, 6) is 0. The summed E-state index contributed by atoms with van der Waals surface area (Å²) in [4.78, 5) is 24.3. The number of pyridine rings is 1. The number of amides is 2. The molecule has 0 saturated carbocycles. The molecule has 2 heterocycles. The first-order valence-corrected chi connectivity index (χ1v) is 8.26. The van der Waals surface area contributed by atoms with Crippen molar-refractivity contribution in [2.75, 3.05) is 19.0 Å². The number of carbonyl (C=O) groups excluding carboxylic acids is 1. The van der Waals surface area contributed by atoms with Crippen LogP contribution in [0.2, 0.25) is 0 Å². The van der Waals surface area contributed by atoms with E-state index in [1.807, 2.05) is 31.2 Å². The maximum absolute atomic E-state index is 12.4. The lowest BCUT2D eigenvalue weighted by Crippen LogP contribution is -2.38. The summed E-state index contributed by atoms with van der Waals surface area (Å²) in [6.07, 6.45) is 1.69. The number of anilines is 1. The first-order chi connectivity index (χ1) is 12.6. The zero-order valence-electron chi connectivity index (χ0n) is 14.7. The van der Waals surface area contributed by atoms with E-state index in [9.17, 15) is 9.59 Å². The van der Waals surface area contributed by atoms with Crippen LogP contribution in [0.4, 0.5) is 10.5 Å². The van der Waals surface area contributed by atoms with E-state index in [4.69, 9.17) is 4.74 Å². The normalized spacial score (nSPS) is 12.1. The van der Waals surface area contributed by atoms with Gasteiger partial charge < -0.3 is 15.4 Å². The first-order valence-electron chi connectivity index (χ1n) is 8.26. The zero-order valence-corrected chi connectivity index (χ0v) is 14.7. The number of nitrogens with zero attached hydrogens (tertiary/aromatic N) is 3. The number of methoxy groups -OCH3 is 1. The molecule has 0 saturated heterocycles. The van der Waals surface area contributed by atoms with Gasteiger partial charge in [0.1, 0.15) is 0 Å². The minimum Gasteiger partial charge on any atom is -0.383 e. The molecule has 2 aromatic heterocycles. The third kappa shape index (κ3) is 4.09. The van der Waals surface area contributed by atoms with Crippen molar-refractivity contribution in [3.8, 4) is 0 Å². The van der Waals surface area contributed by atoms with Crippen LogP contribution in [0.5, 0.6) is 0 Å².